The number of hydrogen-bond acceptors (Lipinski definition) is 5. The van der Waals surface area contributed by atoms with Gasteiger partial charge < -0.3 is 0 Å². The summed E-state index contributed by atoms with van der Waals surface area (Å²) in [5, 5.41) is 0. The minimum absolute atomic E-state index is 0.0206. The van der Waals surface area contributed by atoms with Crippen LogP contribution in [0.5, 0.6) is 0 Å². The monoisotopic (exact) mass is 218 g/mol. The molecule has 0 aliphatic carbocycles. The molecule has 60 valence electrons. The van der Waals surface area contributed by atoms with E-state index in [0.29, 0.717) is 0 Å². The van der Waals surface area contributed by atoms with E-state index in [4.69, 9.17) is 4.19 Å². The zero-order chi connectivity index (χ0) is 8.20. The van der Waals surface area contributed by atoms with Gasteiger partial charge in [-0.2, -0.15) is 0 Å². The van der Waals surface area contributed by atoms with E-state index in [2.05, 4.69) is 8.86 Å². The molecule has 0 aliphatic heterocycles. The van der Waals surface area contributed by atoms with Crippen LogP contribution in [-0.4, -0.2) is 23.5 Å². The van der Waals surface area contributed by atoms with Crippen LogP contribution in [0.4, 0.5) is 0 Å². The fourth-order valence-corrected chi connectivity index (χ4v) is 0.479. The Labute approximate surface area is 58.9 Å². The molecule has 10 heavy (non-hydrogen) atoms. The summed E-state index contributed by atoms with van der Waals surface area (Å²) in [6.07, 6.45) is -0.0206. The SMILES string of the molecule is CCC(=O)OO[Se](=O)(=O)O. The van der Waals surface area contributed by atoms with E-state index in [9.17, 15) is 12.5 Å². The Kier molecular flexibility index (Phi) is 3.44. The molecule has 0 atom stereocenters. The van der Waals surface area contributed by atoms with Gasteiger partial charge in [-0.25, -0.2) is 0 Å². The summed E-state index contributed by atoms with van der Waals surface area (Å²) in [5.41, 5.74) is 0. The maximum atomic E-state index is 10.1. The van der Waals surface area contributed by atoms with Gasteiger partial charge in [0.1, 0.15) is 0 Å². The van der Waals surface area contributed by atoms with E-state index in [1.165, 1.54) is 6.92 Å². The first kappa shape index (κ1) is 9.51. The molecule has 0 radical (unpaired) electrons. The fourth-order valence-electron chi connectivity index (χ4n) is 0.140. The standard InChI is InChI=1S/C3H6O6Se/c1-2-3(4)8-9-10(5,6)7/h2H2,1H3,(H,5,6,7). The Balaban J connectivity index is 3.67. The van der Waals surface area contributed by atoms with Gasteiger partial charge in [0.05, 0.1) is 0 Å². The van der Waals surface area contributed by atoms with Gasteiger partial charge in [-0.1, -0.05) is 0 Å². The summed E-state index contributed by atoms with van der Waals surface area (Å²) in [6.45, 7) is 1.45. The fraction of sp³-hybridized carbons (Fsp3) is 0.667. The molecule has 0 rings (SSSR count). The molecule has 0 saturated carbocycles. The van der Waals surface area contributed by atoms with Crippen LogP contribution in [0.1, 0.15) is 13.3 Å². The molecule has 6 nitrogen and oxygen atoms in total. The first-order valence-electron chi connectivity index (χ1n) is 2.32. The summed E-state index contributed by atoms with van der Waals surface area (Å²) < 4.78 is 30.8. The Bertz CT molecular complexity index is 203. The van der Waals surface area contributed by atoms with E-state index in [1.54, 1.807) is 0 Å². The van der Waals surface area contributed by atoms with Crippen molar-refractivity contribution in [2.24, 2.45) is 0 Å². The average Bonchev–Trinajstić information content (AvgIpc) is 1.81. The molecule has 0 aliphatic rings. The molecule has 0 fully saturated rings. The Morgan fingerprint density at radius 1 is 1.60 bits per heavy atom. The third-order valence-electron chi connectivity index (χ3n) is 0.502. The van der Waals surface area contributed by atoms with Crippen LogP contribution < -0.4 is 0 Å². The average molecular weight is 217 g/mol. The van der Waals surface area contributed by atoms with Crippen LogP contribution in [0.25, 0.3) is 0 Å². The third kappa shape index (κ3) is 5.64. The van der Waals surface area contributed by atoms with Crippen LogP contribution in [0.15, 0.2) is 0 Å². The molecular weight excluding hydrogens is 211 g/mol. The van der Waals surface area contributed by atoms with Crippen molar-refractivity contribution >= 4 is 19.3 Å². The topological polar surface area (TPSA) is 89.9 Å². The molecule has 0 aromatic rings. The predicted octanol–water partition coefficient (Wildman–Crippen LogP) is -0.840. The van der Waals surface area contributed by atoms with Gasteiger partial charge in [0, 0.05) is 0 Å². The van der Waals surface area contributed by atoms with Gasteiger partial charge in [-0.05, 0) is 0 Å². The summed E-state index contributed by atoms with van der Waals surface area (Å²) in [5.74, 6) is -0.859. The zero-order valence-electron chi connectivity index (χ0n) is 5.10. The summed E-state index contributed by atoms with van der Waals surface area (Å²) >= 11 is -5.34. The van der Waals surface area contributed by atoms with Crippen LogP contribution in [-0.2, 0) is 21.3 Å². The predicted molar refractivity (Wildman–Crippen MR) is 26.8 cm³/mol. The van der Waals surface area contributed by atoms with Gasteiger partial charge in [0.15, 0.2) is 0 Å². The van der Waals surface area contributed by atoms with Gasteiger partial charge >= 0.3 is 58.2 Å². The summed E-state index contributed by atoms with van der Waals surface area (Å²) in [6, 6.07) is 0. The van der Waals surface area contributed by atoms with Crippen molar-refractivity contribution in [3.8, 4) is 0 Å². The van der Waals surface area contributed by atoms with Gasteiger partial charge in [-0.3, -0.25) is 0 Å². The van der Waals surface area contributed by atoms with Crippen molar-refractivity contribution in [2.45, 2.75) is 13.3 Å². The van der Waals surface area contributed by atoms with Crippen molar-refractivity contribution in [1.29, 1.82) is 0 Å². The molecule has 0 saturated heterocycles. The molecule has 0 aromatic heterocycles. The number of hydrogen-bond donors (Lipinski definition) is 1. The second-order valence-electron chi connectivity index (χ2n) is 1.30. The molecule has 1 N–H and O–H groups in total. The zero-order valence-corrected chi connectivity index (χ0v) is 6.82. The van der Waals surface area contributed by atoms with Gasteiger partial charge in [-0.15, -0.1) is 0 Å². The molecular formula is C3H6O6Se. The second kappa shape index (κ2) is 3.62. The molecule has 0 heterocycles. The molecule has 7 heteroatoms. The Morgan fingerprint density at radius 3 is 2.40 bits per heavy atom. The van der Waals surface area contributed by atoms with E-state index in [1.807, 2.05) is 0 Å². The van der Waals surface area contributed by atoms with E-state index in [-0.39, 0.29) is 6.42 Å². The summed E-state index contributed by atoms with van der Waals surface area (Å²) in [4.78, 5) is 13.8. The normalized spacial score (nSPS) is 11.0. The molecule has 0 spiro atoms. The second-order valence-corrected chi connectivity index (χ2v) is 3.39. The number of rotatable bonds is 3. The van der Waals surface area contributed by atoms with Gasteiger partial charge in [0.2, 0.25) is 0 Å². The maximum absolute atomic E-state index is 10.1. The van der Waals surface area contributed by atoms with E-state index < -0.39 is 19.3 Å². The minimum atomic E-state index is -5.34. The van der Waals surface area contributed by atoms with Gasteiger partial charge in [0.25, 0.3) is 0 Å². The van der Waals surface area contributed by atoms with Crippen LogP contribution >= 0.6 is 0 Å². The van der Waals surface area contributed by atoms with Crippen molar-refractivity contribution in [2.75, 3.05) is 0 Å². The molecule has 0 unspecified atom stereocenters. The molecule has 0 bridgehead atoms. The summed E-state index contributed by atoms with van der Waals surface area (Å²) in [7, 11) is 0. The van der Waals surface area contributed by atoms with Crippen molar-refractivity contribution < 1.29 is 25.5 Å². The molecule has 0 amide bonds. The number of carbonyl (C=O) groups is 1. The Morgan fingerprint density at radius 2 is 2.10 bits per heavy atom. The van der Waals surface area contributed by atoms with Crippen LogP contribution in [0.2, 0.25) is 0 Å². The van der Waals surface area contributed by atoms with Crippen LogP contribution in [0, 0.1) is 0 Å². The van der Waals surface area contributed by atoms with Crippen molar-refractivity contribution in [3.05, 3.63) is 0 Å². The van der Waals surface area contributed by atoms with Crippen molar-refractivity contribution in [3.63, 3.8) is 0 Å². The van der Waals surface area contributed by atoms with E-state index in [0.717, 1.165) is 0 Å². The number of carbonyl (C=O) groups excluding carboxylic acids is 1. The first-order valence-corrected chi connectivity index (χ1v) is 5.18. The van der Waals surface area contributed by atoms with Crippen molar-refractivity contribution in [1.82, 2.24) is 0 Å². The molecule has 0 aromatic carbocycles. The third-order valence-corrected chi connectivity index (χ3v) is 1.01. The quantitative estimate of drug-likeness (QED) is 0.376. The first-order chi connectivity index (χ1) is 4.45. The van der Waals surface area contributed by atoms with E-state index >= 15 is 0 Å². The van der Waals surface area contributed by atoms with Crippen LogP contribution in [0.3, 0.4) is 0 Å². The Hall–Kier alpha value is -0.491.